The number of nitrogens with one attached hydrogen (secondary N) is 2. The van der Waals surface area contributed by atoms with E-state index in [2.05, 4.69) is 78.0 Å². The number of rotatable bonds is 7. The molecule has 5 heteroatoms. The van der Waals surface area contributed by atoms with Gasteiger partial charge in [0.2, 0.25) is 0 Å². The third-order valence-corrected chi connectivity index (χ3v) is 6.89. The Kier molecular flexibility index (Phi) is 7.53. The summed E-state index contributed by atoms with van der Waals surface area (Å²) < 4.78 is 0. The third kappa shape index (κ3) is 5.86. The number of hydrogen-bond acceptors (Lipinski definition) is 4. The second kappa shape index (κ2) is 10.7. The monoisotopic (exact) mass is 457 g/mol. The molecule has 170 valence electrons. The van der Waals surface area contributed by atoms with Gasteiger partial charge in [0.25, 0.3) is 5.91 Å². The minimum atomic E-state index is -0.0325. The molecule has 0 saturated carbocycles. The van der Waals surface area contributed by atoms with Gasteiger partial charge in [-0.3, -0.25) is 4.79 Å². The van der Waals surface area contributed by atoms with E-state index < -0.39 is 0 Å². The second-order valence-corrected chi connectivity index (χ2v) is 9.56. The molecule has 0 saturated heterocycles. The van der Waals surface area contributed by atoms with Crippen LogP contribution in [-0.2, 0) is 6.54 Å². The fourth-order valence-corrected chi connectivity index (χ4v) is 4.99. The van der Waals surface area contributed by atoms with Crippen molar-refractivity contribution in [2.45, 2.75) is 36.6 Å². The van der Waals surface area contributed by atoms with E-state index in [4.69, 9.17) is 0 Å². The van der Waals surface area contributed by atoms with Gasteiger partial charge in [0, 0.05) is 39.7 Å². The van der Waals surface area contributed by atoms with Gasteiger partial charge in [-0.15, -0.1) is 0 Å². The fraction of sp³-hybridized carbons (Fsp3) is 0.250. The Balaban J connectivity index is 1.35. The van der Waals surface area contributed by atoms with Gasteiger partial charge in [-0.25, -0.2) is 0 Å². The average molecular weight is 458 g/mol. The number of benzene rings is 3. The van der Waals surface area contributed by atoms with Crippen LogP contribution in [0.25, 0.3) is 5.70 Å². The molecule has 1 aliphatic heterocycles. The highest BCUT2D eigenvalue weighted by atomic mass is 32.2. The first-order valence-electron chi connectivity index (χ1n) is 11.4. The van der Waals surface area contributed by atoms with Crippen molar-refractivity contribution in [1.82, 2.24) is 10.2 Å². The van der Waals surface area contributed by atoms with E-state index in [1.54, 1.807) is 11.8 Å². The van der Waals surface area contributed by atoms with Crippen LogP contribution in [0.5, 0.6) is 0 Å². The van der Waals surface area contributed by atoms with E-state index in [0.29, 0.717) is 12.1 Å². The van der Waals surface area contributed by atoms with Crippen molar-refractivity contribution >= 4 is 29.1 Å². The van der Waals surface area contributed by atoms with Crippen molar-refractivity contribution in [3.05, 3.63) is 95.1 Å². The Morgan fingerprint density at radius 2 is 1.85 bits per heavy atom. The van der Waals surface area contributed by atoms with Crippen LogP contribution >= 0.6 is 11.8 Å². The molecular weight excluding hydrogens is 426 g/mol. The molecule has 1 amide bonds. The number of fused-ring (bicyclic) bond motifs is 2. The summed E-state index contributed by atoms with van der Waals surface area (Å²) in [7, 11) is 2.11. The average Bonchev–Trinajstić information content (AvgIpc) is 2.98. The van der Waals surface area contributed by atoms with Gasteiger partial charge in [0.1, 0.15) is 0 Å². The predicted molar refractivity (Wildman–Crippen MR) is 139 cm³/mol. The molecule has 4 rings (SSSR count). The maximum absolute atomic E-state index is 12.8. The Morgan fingerprint density at radius 3 is 2.64 bits per heavy atom. The molecule has 0 fully saturated rings. The molecule has 1 heterocycles. The second-order valence-electron chi connectivity index (χ2n) is 8.47. The van der Waals surface area contributed by atoms with Crippen molar-refractivity contribution in [1.29, 1.82) is 0 Å². The first-order chi connectivity index (χ1) is 16.0. The van der Waals surface area contributed by atoms with E-state index in [0.717, 1.165) is 35.8 Å². The molecule has 0 unspecified atom stereocenters. The lowest BCUT2D eigenvalue weighted by molar-refractivity contribution is 0.0952. The summed E-state index contributed by atoms with van der Waals surface area (Å²) in [6, 6.07) is 22.9. The van der Waals surface area contributed by atoms with Crippen LogP contribution < -0.4 is 10.6 Å². The van der Waals surface area contributed by atoms with E-state index in [-0.39, 0.29) is 5.91 Å². The van der Waals surface area contributed by atoms with Crippen molar-refractivity contribution in [3.8, 4) is 0 Å². The zero-order valence-corrected chi connectivity index (χ0v) is 20.3. The standard InChI is InChI=1S/C28H31N3OS/c1-4-24-23-17-20(2)11-13-26(23)33-27-14-12-22(18-25(27)30-24)28(32)29-15-8-16-31(3)19-21-9-6-5-7-10-21/h4-7,9-14,17-18,30H,8,15-16,19H2,1-3H3,(H,29,32). The van der Waals surface area contributed by atoms with Crippen LogP contribution in [0.2, 0.25) is 0 Å². The number of carbonyl (C=O) groups is 1. The van der Waals surface area contributed by atoms with Gasteiger partial charge in [0.15, 0.2) is 0 Å². The number of aryl methyl sites for hydroxylation is 1. The van der Waals surface area contributed by atoms with Crippen molar-refractivity contribution in [3.63, 3.8) is 0 Å². The molecule has 3 aromatic rings. The number of carbonyl (C=O) groups excluding carboxylic acids is 1. The van der Waals surface area contributed by atoms with Crippen LogP contribution in [0.3, 0.4) is 0 Å². The Labute approximate surface area is 201 Å². The lowest BCUT2D eigenvalue weighted by Gasteiger charge is -2.17. The topological polar surface area (TPSA) is 44.4 Å². The van der Waals surface area contributed by atoms with Gasteiger partial charge < -0.3 is 15.5 Å². The minimum absolute atomic E-state index is 0.0325. The van der Waals surface area contributed by atoms with Crippen molar-refractivity contribution < 1.29 is 4.79 Å². The molecule has 0 bridgehead atoms. The summed E-state index contributed by atoms with van der Waals surface area (Å²) in [5.74, 6) is -0.0325. The van der Waals surface area contributed by atoms with Crippen LogP contribution in [0, 0.1) is 6.92 Å². The summed E-state index contributed by atoms with van der Waals surface area (Å²) in [4.78, 5) is 17.4. The third-order valence-electron chi connectivity index (χ3n) is 5.74. The van der Waals surface area contributed by atoms with Gasteiger partial charge in [-0.05, 0) is 69.8 Å². The van der Waals surface area contributed by atoms with E-state index in [1.807, 2.05) is 31.2 Å². The van der Waals surface area contributed by atoms with Gasteiger partial charge in [0.05, 0.1) is 5.69 Å². The maximum atomic E-state index is 12.8. The number of amides is 1. The molecule has 4 nitrogen and oxygen atoms in total. The van der Waals surface area contributed by atoms with Crippen molar-refractivity contribution in [2.24, 2.45) is 0 Å². The molecule has 1 aliphatic rings. The zero-order chi connectivity index (χ0) is 23.2. The Morgan fingerprint density at radius 1 is 1.06 bits per heavy atom. The molecule has 2 N–H and O–H groups in total. The summed E-state index contributed by atoms with van der Waals surface area (Å²) in [5.41, 5.74) is 6.45. The fourth-order valence-electron chi connectivity index (χ4n) is 3.99. The van der Waals surface area contributed by atoms with Gasteiger partial charge >= 0.3 is 0 Å². The van der Waals surface area contributed by atoms with Gasteiger partial charge in [-0.2, -0.15) is 0 Å². The molecule has 33 heavy (non-hydrogen) atoms. The normalized spacial score (nSPS) is 13.8. The smallest absolute Gasteiger partial charge is 0.251 e. The van der Waals surface area contributed by atoms with Crippen LogP contribution in [0.4, 0.5) is 5.69 Å². The van der Waals surface area contributed by atoms with Crippen LogP contribution in [0.15, 0.2) is 82.6 Å². The molecular formula is C28H31N3OS. The molecule has 0 atom stereocenters. The van der Waals surface area contributed by atoms with E-state index in [9.17, 15) is 4.79 Å². The highest BCUT2D eigenvalue weighted by Crippen LogP contribution is 2.42. The molecule has 0 spiro atoms. The number of anilines is 1. The predicted octanol–water partition coefficient (Wildman–Crippen LogP) is 6.18. The minimum Gasteiger partial charge on any atom is -0.354 e. The summed E-state index contributed by atoms with van der Waals surface area (Å²) in [6.45, 7) is 6.65. The van der Waals surface area contributed by atoms with E-state index in [1.165, 1.54) is 21.6 Å². The summed E-state index contributed by atoms with van der Waals surface area (Å²) in [5, 5.41) is 6.62. The Bertz CT molecular complexity index is 1160. The molecule has 0 aliphatic carbocycles. The SMILES string of the molecule is CC=C1Nc2cc(C(=O)NCCCN(C)Cc3ccccc3)ccc2Sc2ccc(C)cc21. The largest absolute Gasteiger partial charge is 0.354 e. The maximum Gasteiger partial charge on any atom is 0.251 e. The summed E-state index contributed by atoms with van der Waals surface area (Å²) >= 11 is 1.74. The molecule has 3 aromatic carbocycles. The molecule has 0 radical (unpaired) electrons. The quantitative estimate of drug-likeness (QED) is 0.416. The highest BCUT2D eigenvalue weighted by Gasteiger charge is 2.18. The number of allylic oxidation sites excluding steroid dienone is 1. The summed E-state index contributed by atoms with van der Waals surface area (Å²) in [6.07, 6.45) is 3.00. The van der Waals surface area contributed by atoms with E-state index >= 15 is 0 Å². The highest BCUT2D eigenvalue weighted by molar-refractivity contribution is 7.99. The number of nitrogens with zero attached hydrogens (tertiary/aromatic N) is 1. The zero-order valence-electron chi connectivity index (χ0n) is 19.5. The lowest BCUT2D eigenvalue weighted by Crippen LogP contribution is -2.28. The van der Waals surface area contributed by atoms with Crippen molar-refractivity contribution in [2.75, 3.05) is 25.5 Å². The lowest BCUT2D eigenvalue weighted by atomic mass is 10.1. The van der Waals surface area contributed by atoms with Crippen LogP contribution in [0.1, 0.15) is 40.4 Å². The first-order valence-corrected chi connectivity index (χ1v) is 12.2. The van der Waals surface area contributed by atoms with Crippen LogP contribution in [-0.4, -0.2) is 30.9 Å². The number of hydrogen-bond donors (Lipinski definition) is 2. The molecule has 0 aromatic heterocycles. The Hall–Kier alpha value is -3.02. The first kappa shape index (κ1) is 23.1. The van der Waals surface area contributed by atoms with Gasteiger partial charge in [-0.1, -0.05) is 59.8 Å².